The predicted molar refractivity (Wildman–Crippen MR) is 85.3 cm³/mol. The van der Waals surface area contributed by atoms with Gasteiger partial charge in [-0.05, 0) is 61.1 Å². The second-order valence-corrected chi connectivity index (χ2v) is 6.12. The summed E-state index contributed by atoms with van der Waals surface area (Å²) >= 11 is 6.17. The van der Waals surface area contributed by atoms with E-state index in [1.165, 1.54) is 23.1 Å². The van der Waals surface area contributed by atoms with Gasteiger partial charge in [0.15, 0.2) is 0 Å². The van der Waals surface area contributed by atoms with Gasteiger partial charge in [0.2, 0.25) is 0 Å². The monoisotopic (exact) mass is 285 g/mol. The lowest BCUT2D eigenvalue weighted by Crippen LogP contribution is -2.20. The van der Waals surface area contributed by atoms with Crippen LogP contribution in [0.2, 0.25) is 5.02 Å². The van der Waals surface area contributed by atoms with Crippen molar-refractivity contribution in [3.05, 3.63) is 70.2 Å². The molecule has 0 aromatic heterocycles. The molecule has 0 spiro atoms. The topological polar surface area (TPSA) is 12.0 Å². The largest absolute Gasteiger partial charge is 0.313 e. The van der Waals surface area contributed by atoms with Crippen LogP contribution in [0.4, 0.5) is 0 Å². The second-order valence-electron chi connectivity index (χ2n) is 5.68. The van der Waals surface area contributed by atoms with Gasteiger partial charge in [0.1, 0.15) is 0 Å². The molecule has 0 saturated heterocycles. The molecule has 2 aromatic carbocycles. The summed E-state index contributed by atoms with van der Waals surface area (Å²) in [6, 6.07) is 17.4. The van der Waals surface area contributed by atoms with E-state index in [1.807, 2.05) is 13.1 Å². The van der Waals surface area contributed by atoms with Gasteiger partial charge in [-0.15, -0.1) is 0 Å². The zero-order chi connectivity index (χ0) is 14.1. The SMILES string of the molecule is CNC(c1cc(Cl)ccc1C)C1CC1c1ccccc1. The van der Waals surface area contributed by atoms with Crippen LogP contribution in [0.1, 0.15) is 35.1 Å². The highest BCUT2D eigenvalue weighted by Gasteiger charge is 2.44. The van der Waals surface area contributed by atoms with Crippen molar-refractivity contribution in [2.45, 2.75) is 25.3 Å². The van der Waals surface area contributed by atoms with Crippen LogP contribution in [0.3, 0.4) is 0 Å². The Bertz CT molecular complexity index is 594. The van der Waals surface area contributed by atoms with Crippen LogP contribution >= 0.6 is 11.6 Å². The zero-order valence-corrected chi connectivity index (χ0v) is 12.7. The lowest BCUT2D eigenvalue weighted by atomic mass is 9.95. The smallest absolute Gasteiger partial charge is 0.0409 e. The number of halogens is 1. The maximum Gasteiger partial charge on any atom is 0.0409 e. The molecule has 0 heterocycles. The van der Waals surface area contributed by atoms with Crippen LogP contribution in [0, 0.1) is 12.8 Å². The predicted octanol–water partition coefficient (Wildman–Crippen LogP) is 4.71. The van der Waals surface area contributed by atoms with E-state index in [2.05, 4.69) is 54.7 Å². The molecular formula is C18H20ClN. The first-order chi connectivity index (χ1) is 9.70. The number of aryl methyl sites for hydroxylation is 1. The van der Waals surface area contributed by atoms with Gasteiger partial charge in [-0.1, -0.05) is 48.0 Å². The molecule has 1 nitrogen and oxygen atoms in total. The summed E-state index contributed by atoms with van der Waals surface area (Å²) in [7, 11) is 2.05. The van der Waals surface area contributed by atoms with Crippen LogP contribution < -0.4 is 5.32 Å². The summed E-state index contributed by atoms with van der Waals surface area (Å²) in [5.41, 5.74) is 4.10. The first-order valence-corrected chi connectivity index (χ1v) is 7.56. The van der Waals surface area contributed by atoms with Gasteiger partial charge in [-0.3, -0.25) is 0 Å². The molecule has 1 saturated carbocycles. The van der Waals surface area contributed by atoms with E-state index in [-0.39, 0.29) is 0 Å². The van der Waals surface area contributed by atoms with Crippen molar-refractivity contribution in [3.63, 3.8) is 0 Å². The Hall–Kier alpha value is -1.31. The third-order valence-corrected chi connectivity index (χ3v) is 4.62. The standard InChI is InChI=1S/C18H20ClN/c1-12-8-9-14(19)10-15(12)18(20-2)17-11-16(17)13-6-4-3-5-7-13/h3-10,16-18,20H,11H2,1-2H3. The van der Waals surface area contributed by atoms with E-state index >= 15 is 0 Å². The molecular weight excluding hydrogens is 266 g/mol. The average Bonchev–Trinajstić information content (AvgIpc) is 3.25. The van der Waals surface area contributed by atoms with Crippen LogP contribution in [-0.2, 0) is 0 Å². The zero-order valence-electron chi connectivity index (χ0n) is 11.9. The lowest BCUT2D eigenvalue weighted by Gasteiger charge is -2.19. The molecule has 3 atom stereocenters. The molecule has 20 heavy (non-hydrogen) atoms. The van der Waals surface area contributed by atoms with Gasteiger partial charge in [0.25, 0.3) is 0 Å². The van der Waals surface area contributed by atoms with Crippen molar-refractivity contribution in [3.8, 4) is 0 Å². The number of benzene rings is 2. The Morgan fingerprint density at radius 3 is 2.60 bits per heavy atom. The van der Waals surface area contributed by atoms with Crippen molar-refractivity contribution < 1.29 is 0 Å². The Kier molecular flexibility index (Phi) is 3.82. The fourth-order valence-electron chi connectivity index (χ4n) is 3.21. The van der Waals surface area contributed by atoms with Crippen molar-refractivity contribution in [1.82, 2.24) is 5.32 Å². The van der Waals surface area contributed by atoms with Crippen LogP contribution in [-0.4, -0.2) is 7.05 Å². The minimum absolute atomic E-state index is 0.388. The molecule has 1 N–H and O–H groups in total. The van der Waals surface area contributed by atoms with Gasteiger partial charge in [0.05, 0.1) is 0 Å². The molecule has 0 amide bonds. The average molecular weight is 286 g/mol. The highest BCUT2D eigenvalue weighted by molar-refractivity contribution is 6.30. The molecule has 1 fully saturated rings. The molecule has 2 aromatic rings. The Morgan fingerprint density at radius 1 is 1.15 bits per heavy atom. The van der Waals surface area contributed by atoms with Crippen molar-refractivity contribution in [1.29, 1.82) is 0 Å². The summed E-state index contributed by atoms with van der Waals surface area (Å²) in [6.07, 6.45) is 1.25. The number of hydrogen-bond donors (Lipinski definition) is 1. The molecule has 3 rings (SSSR count). The summed E-state index contributed by atoms with van der Waals surface area (Å²) < 4.78 is 0. The molecule has 0 bridgehead atoms. The summed E-state index contributed by atoms with van der Waals surface area (Å²) in [5.74, 6) is 1.34. The normalized spacial score (nSPS) is 22.6. The van der Waals surface area contributed by atoms with Crippen molar-refractivity contribution in [2.24, 2.45) is 5.92 Å². The highest BCUT2D eigenvalue weighted by atomic mass is 35.5. The minimum atomic E-state index is 0.388. The van der Waals surface area contributed by atoms with E-state index in [4.69, 9.17) is 11.6 Å². The number of nitrogens with one attached hydrogen (secondary N) is 1. The van der Waals surface area contributed by atoms with Gasteiger partial charge in [-0.2, -0.15) is 0 Å². The van der Waals surface area contributed by atoms with Gasteiger partial charge < -0.3 is 5.32 Å². The summed E-state index contributed by atoms with van der Waals surface area (Å²) in [4.78, 5) is 0. The van der Waals surface area contributed by atoms with Crippen molar-refractivity contribution in [2.75, 3.05) is 7.05 Å². The first-order valence-electron chi connectivity index (χ1n) is 7.19. The third kappa shape index (κ3) is 2.61. The molecule has 3 unspecified atom stereocenters. The lowest BCUT2D eigenvalue weighted by molar-refractivity contribution is 0.515. The van der Waals surface area contributed by atoms with E-state index in [1.54, 1.807) is 0 Å². The van der Waals surface area contributed by atoms with Gasteiger partial charge in [0, 0.05) is 11.1 Å². The molecule has 1 aliphatic rings. The van der Waals surface area contributed by atoms with Crippen LogP contribution in [0.15, 0.2) is 48.5 Å². The van der Waals surface area contributed by atoms with Gasteiger partial charge >= 0.3 is 0 Å². The van der Waals surface area contributed by atoms with E-state index in [9.17, 15) is 0 Å². The van der Waals surface area contributed by atoms with E-state index < -0.39 is 0 Å². The molecule has 2 heteroatoms. The number of rotatable bonds is 4. The molecule has 1 aliphatic carbocycles. The highest BCUT2D eigenvalue weighted by Crippen LogP contribution is 2.54. The fourth-order valence-corrected chi connectivity index (χ4v) is 3.39. The van der Waals surface area contributed by atoms with Gasteiger partial charge in [-0.25, -0.2) is 0 Å². The first kappa shape index (κ1) is 13.7. The third-order valence-electron chi connectivity index (χ3n) is 4.38. The fraction of sp³-hybridized carbons (Fsp3) is 0.333. The van der Waals surface area contributed by atoms with Crippen LogP contribution in [0.5, 0.6) is 0 Å². The van der Waals surface area contributed by atoms with E-state index in [0.717, 1.165) is 5.02 Å². The Labute approximate surface area is 126 Å². The maximum absolute atomic E-state index is 6.17. The summed E-state index contributed by atoms with van der Waals surface area (Å²) in [6.45, 7) is 2.16. The Morgan fingerprint density at radius 2 is 1.90 bits per heavy atom. The molecule has 0 aliphatic heterocycles. The Balaban J connectivity index is 1.84. The maximum atomic E-state index is 6.17. The molecule has 0 radical (unpaired) electrons. The van der Waals surface area contributed by atoms with Crippen molar-refractivity contribution >= 4 is 11.6 Å². The summed E-state index contributed by atoms with van der Waals surface area (Å²) in [5, 5.41) is 4.31. The molecule has 104 valence electrons. The number of hydrogen-bond acceptors (Lipinski definition) is 1. The van der Waals surface area contributed by atoms with Crippen LogP contribution in [0.25, 0.3) is 0 Å². The quantitative estimate of drug-likeness (QED) is 0.858. The minimum Gasteiger partial charge on any atom is -0.313 e. The second kappa shape index (κ2) is 5.59. The van der Waals surface area contributed by atoms with E-state index in [0.29, 0.717) is 17.9 Å².